The summed E-state index contributed by atoms with van der Waals surface area (Å²) in [6.45, 7) is 1.63. The summed E-state index contributed by atoms with van der Waals surface area (Å²) in [6, 6.07) is 8.55. The first-order valence-corrected chi connectivity index (χ1v) is 13.3. The second kappa shape index (κ2) is 8.28. The first kappa shape index (κ1) is 22.1. The predicted octanol–water partition coefficient (Wildman–Crippen LogP) is 0.625. The van der Waals surface area contributed by atoms with E-state index in [1.807, 2.05) is 30.3 Å². The molecule has 3 aliphatic heterocycles. The van der Waals surface area contributed by atoms with Gasteiger partial charge >= 0.3 is 12.1 Å². The highest BCUT2D eigenvalue weighted by atomic mass is 32.2. The van der Waals surface area contributed by atoms with Gasteiger partial charge in [0.05, 0.1) is 12.8 Å². The van der Waals surface area contributed by atoms with Gasteiger partial charge in [0.25, 0.3) is 5.91 Å². The molecule has 1 aliphatic carbocycles. The van der Waals surface area contributed by atoms with E-state index in [0.717, 1.165) is 12.0 Å². The maximum Gasteiger partial charge on any atom is 0.327 e. The van der Waals surface area contributed by atoms with Crippen LogP contribution in [0.4, 0.5) is 9.59 Å². The summed E-state index contributed by atoms with van der Waals surface area (Å²) >= 11 is 0. The first-order valence-electron chi connectivity index (χ1n) is 11.4. The Morgan fingerprint density at radius 2 is 1.73 bits per heavy atom. The van der Waals surface area contributed by atoms with Gasteiger partial charge < -0.3 is 15.1 Å². The van der Waals surface area contributed by atoms with E-state index in [-0.39, 0.29) is 42.5 Å². The van der Waals surface area contributed by atoms with Crippen molar-refractivity contribution in [3.05, 3.63) is 35.9 Å². The molecule has 0 bridgehead atoms. The highest BCUT2D eigenvalue weighted by Crippen LogP contribution is 2.46. The standard InChI is InChI=1S/C22H29N5O5S/c1-33(31,32)25-9-7-16(8-10-25)23-21(29)24-11-12-26-19(14-24)20(28)27(22(26)30)18-13-17(18)15-5-3-2-4-6-15/h2-6,16-19H,7-14H2,1H3,(H,23,29)/t17-,18+,19+/m1/s1. The zero-order valence-electron chi connectivity index (χ0n) is 18.6. The number of carbonyl (C=O) groups is 3. The van der Waals surface area contributed by atoms with Gasteiger partial charge in [0.1, 0.15) is 6.04 Å². The number of fused-ring (bicyclic) bond motifs is 1. The first-order chi connectivity index (χ1) is 15.7. The van der Waals surface area contributed by atoms with Crippen LogP contribution in [0.1, 0.15) is 30.7 Å². The molecule has 33 heavy (non-hydrogen) atoms. The second-order valence-corrected chi connectivity index (χ2v) is 11.3. The van der Waals surface area contributed by atoms with Crippen LogP contribution in [0.2, 0.25) is 0 Å². The van der Waals surface area contributed by atoms with Crippen LogP contribution in [-0.2, 0) is 14.8 Å². The number of piperidine rings is 1. The maximum absolute atomic E-state index is 13.1. The molecule has 1 aromatic carbocycles. The third kappa shape index (κ3) is 4.19. The monoisotopic (exact) mass is 475 g/mol. The van der Waals surface area contributed by atoms with E-state index in [1.165, 1.54) is 15.5 Å². The van der Waals surface area contributed by atoms with Gasteiger partial charge in [0, 0.05) is 44.2 Å². The fraction of sp³-hybridized carbons (Fsp3) is 0.591. The van der Waals surface area contributed by atoms with Gasteiger partial charge in [0.15, 0.2) is 0 Å². The fourth-order valence-electron chi connectivity index (χ4n) is 5.23. The SMILES string of the molecule is CS(=O)(=O)N1CCC(NC(=O)N2CCN3C(=O)N([C@H]4C[C@@H]4c4ccccc4)C(=O)[C@@H]3C2)CC1. The molecule has 5 amide bonds. The Bertz CT molecular complexity index is 1060. The van der Waals surface area contributed by atoms with Crippen molar-refractivity contribution in [2.24, 2.45) is 0 Å². The molecule has 1 saturated carbocycles. The van der Waals surface area contributed by atoms with Crippen LogP contribution in [-0.4, -0.2) is 102 Å². The number of hydrogen-bond acceptors (Lipinski definition) is 5. The number of sulfonamides is 1. The number of amides is 5. The van der Waals surface area contributed by atoms with Crippen molar-refractivity contribution in [3.8, 4) is 0 Å². The zero-order valence-corrected chi connectivity index (χ0v) is 19.4. The molecule has 3 saturated heterocycles. The fourth-order valence-corrected chi connectivity index (χ4v) is 6.10. The van der Waals surface area contributed by atoms with E-state index in [2.05, 4.69) is 5.32 Å². The minimum atomic E-state index is -3.22. The second-order valence-electron chi connectivity index (χ2n) is 9.35. The van der Waals surface area contributed by atoms with Crippen molar-refractivity contribution in [3.63, 3.8) is 0 Å². The van der Waals surface area contributed by atoms with E-state index in [0.29, 0.717) is 39.0 Å². The Balaban J connectivity index is 1.18. The number of rotatable bonds is 4. The van der Waals surface area contributed by atoms with Gasteiger partial charge in [-0.15, -0.1) is 0 Å². The number of hydrogen-bond donors (Lipinski definition) is 1. The number of piperazine rings is 1. The van der Waals surface area contributed by atoms with Gasteiger partial charge in [0.2, 0.25) is 10.0 Å². The van der Waals surface area contributed by atoms with Gasteiger partial charge in [-0.1, -0.05) is 30.3 Å². The lowest BCUT2D eigenvalue weighted by atomic mass is 10.1. The van der Waals surface area contributed by atoms with E-state index in [4.69, 9.17) is 0 Å². The lowest BCUT2D eigenvalue weighted by Crippen LogP contribution is -2.58. The summed E-state index contributed by atoms with van der Waals surface area (Å²) in [5, 5.41) is 2.98. The van der Waals surface area contributed by atoms with Crippen LogP contribution in [0.25, 0.3) is 0 Å². The van der Waals surface area contributed by atoms with Crippen molar-refractivity contribution in [1.82, 2.24) is 24.3 Å². The van der Waals surface area contributed by atoms with Crippen LogP contribution in [0.15, 0.2) is 30.3 Å². The smallest absolute Gasteiger partial charge is 0.327 e. The zero-order chi connectivity index (χ0) is 23.3. The Hall–Kier alpha value is -2.66. The lowest BCUT2D eigenvalue weighted by molar-refractivity contribution is -0.129. The maximum atomic E-state index is 13.1. The van der Waals surface area contributed by atoms with Crippen LogP contribution >= 0.6 is 0 Å². The molecule has 4 fully saturated rings. The average molecular weight is 476 g/mol. The van der Waals surface area contributed by atoms with Crippen LogP contribution in [0.3, 0.4) is 0 Å². The Kier molecular flexibility index (Phi) is 5.56. The quantitative estimate of drug-likeness (QED) is 0.642. The molecule has 0 unspecified atom stereocenters. The molecule has 3 atom stereocenters. The Morgan fingerprint density at radius 3 is 2.39 bits per heavy atom. The predicted molar refractivity (Wildman–Crippen MR) is 120 cm³/mol. The van der Waals surface area contributed by atoms with Crippen LogP contribution in [0.5, 0.6) is 0 Å². The van der Waals surface area contributed by atoms with Crippen molar-refractivity contribution < 1.29 is 22.8 Å². The van der Waals surface area contributed by atoms with Crippen LogP contribution in [0, 0.1) is 0 Å². The molecule has 0 radical (unpaired) electrons. The Morgan fingerprint density at radius 1 is 1.03 bits per heavy atom. The van der Waals surface area contributed by atoms with E-state index in [1.54, 1.807) is 9.80 Å². The van der Waals surface area contributed by atoms with Crippen molar-refractivity contribution in [1.29, 1.82) is 0 Å². The molecule has 4 aliphatic rings. The number of nitrogens with one attached hydrogen (secondary N) is 1. The summed E-state index contributed by atoms with van der Waals surface area (Å²) in [5.74, 6) is -0.0416. The minimum Gasteiger partial charge on any atom is -0.335 e. The molecule has 1 N–H and O–H groups in total. The number of imide groups is 1. The molecule has 0 spiro atoms. The molecule has 1 aromatic rings. The van der Waals surface area contributed by atoms with E-state index >= 15 is 0 Å². The van der Waals surface area contributed by atoms with Crippen molar-refractivity contribution >= 4 is 28.0 Å². The normalized spacial score (nSPS) is 28.8. The molecule has 5 rings (SSSR count). The Labute approximate surface area is 193 Å². The molecule has 11 heteroatoms. The third-order valence-corrected chi connectivity index (χ3v) is 8.51. The number of nitrogens with zero attached hydrogens (tertiary/aromatic N) is 4. The summed E-state index contributed by atoms with van der Waals surface area (Å²) in [4.78, 5) is 43.6. The van der Waals surface area contributed by atoms with E-state index < -0.39 is 16.1 Å². The topological polar surface area (TPSA) is 110 Å². The van der Waals surface area contributed by atoms with Crippen molar-refractivity contribution in [2.75, 3.05) is 39.0 Å². The summed E-state index contributed by atoms with van der Waals surface area (Å²) in [5.41, 5.74) is 1.14. The van der Waals surface area contributed by atoms with E-state index in [9.17, 15) is 22.8 Å². The van der Waals surface area contributed by atoms with Crippen LogP contribution < -0.4 is 5.32 Å². The molecule has 3 heterocycles. The molecule has 178 valence electrons. The molecular weight excluding hydrogens is 446 g/mol. The number of carbonyl (C=O) groups excluding carboxylic acids is 3. The number of urea groups is 2. The third-order valence-electron chi connectivity index (χ3n) is 7.21. The lowest BCUT2D eigenvalue weighted by Gasteiger charge is -2.37. The largest absolute Gasteiger partial charge is 0.335 e. The number of benzene rings is 1. The minimum absolute atomic E-state index is 0.107. The highest BCUT2D eigenvalue weighted by Gasteiger charge is 2.56. The van der Waals surface area contributed by atoms with Crippen molar-refractivity contribution in [2.45, 2.75) is 43.3 Å². The highest BCUT2D eigenvalue weighted by molar-refractivity contribution is 7.88. The summed E-state index contributed by atoms with van der Waals surface area (Å²) < 4.78 is 24.8. The van der Waals surface area contributed by atoms with Gasteiger partial charge in [-0.05, 0) is 24.8 Å². The van der Waals surface area contributed by atoms with Gasteiger partial charge in [-0.25, -0.2) is 22.3 Å². The summed E-state index contributed by atoms with van der Waals surface area (Å²) in [7, 11) is -3.22. The molecule has 10 nitrogen and oxygen atoms in total. The average Bonchev–Trinajstić information content (AvgIpc) is 3.54. The molecule has 0 aromatic heterocycles. The molecular formula is C22H29N5O5S. The van der Waals surface area contributed by atoms with Gasteiger partial charge in [-0.2, -0.15) is 0 Å². The summed E-state index contributed by atoms with van der Waals surface area (Å²) in [6.07, 6.45) is 3.07. The van der Waals surface area contributed by atoms with Gasteiger partial charge in [-0.3, -0.25) is 9.69 Å².